The molecule has 14 heavy (non-hydrogen) atoms. The lowest BCUT2D eigenvalue weighted by molar-refractivity contribution is 0.251. The first kappa shape index (κ1) is 10.6. The Hall–Kier alpha value is -1.44. The quantitative estimate of drug-likeness (QED) is 0.753. The normalized spacial score (nSPS) is 12.1. The molecule has 0 fully saturated rings. The standard InChI is InChI=1S/C10H11FN2O/c1-13-10(6-14)7-2-3-9(11)8(4-7)5-12/h2-4,10,13-14H,6H2,1H3. The molecule has 0 saturated heterocycles. The van der Waals surface area contributed by atoms with E-state index in [1.807, 2.05) is 0 Å². The lowest BCUT2D eigenvalue weighted by Gasteiger charge is -2.13. The lowest BCUT2D eigenvalue weighted by atomic mass is 10.0. The summed E-state index contributed by atoms with van der Waals surface area (Å²) >= 11 is 0. The number of nitriles is 1. The van der Waals surface area contributed by atoms with Gasteiger partial charge in [-0.2, -0.15) is 5.26 Å². The predicted octanol–water partition coefficient (Wildman–Crippen LogP) is 0.950. The third-order valence-corrected chi connectivity index (χ3v) is 2.04. The summed E-state index contributed by atoms with van der Waals surface area (Å²) in [6.45, 7) is -0.0903. The Balaban J connectivity index is 3.06. The number of aliphatic hydroxyl groups excluding tert-OH is 1. The Kier molecular flexibility index (Phi) is 3.57. The molecule has 74 valence electrons. The highest BCUT2D eigenvalue weighted by atomic mass is 19.1. The maximum absolute atomic E-state index is 12.9. The van der Waals surface area contributed by atoms with Gasteiger partial charge in [0.05, 0.1) is 18.2 Å². The van der Waals surface area contributed by atoms with E-state index in [4.69, 9.17) is 10.4 Å². The minimum atomic E-state index is -0.538. The van der Waals surface area contributed by atoms with Crippen molar-refractivity contribution in [2.45, 2.75) is 6.04 Å². The van der Waals surface area contributed by atoms with Crippen molar-refractivity contribution in [1.29, 1.82) is 5.26 Å². The zero-order valence-corrected chi connectivity index (χ0v) is 7.79. The van der Waals surface area contributed by atoms with Crippen LogP contribution >= 0.6 is 0 Å². The van der Waals surface area contributed by atoms with Crippen LogP contribution < -0.4 is 5.32 Å². The monoisotopic (exact) mass is 194 g/mol. The molecule has 3 nitrogen and oxygen atoms in total. The summed E-state index contributed by atoms with van der Waals surface area (Å²) in [5.41, 5.74) is 0.698. The Morgan fingerprint density at radius 3 is 2.86 bits per heavy atom. The minimum Gasteiger partial charge on any atom is -0.394 e. The van der Waals surface area contributed by atoms with Gasteiger partial charge in [-0.25, -0.2) is 4.39 Å². The third-order valence-electron chi connectivity index (χ3n) is 2.04. The van der Waals surface area contributed by atoms with E-state index in [0.717, 1.165) is 0 Å². The molecule has 1 atom stereocenters. The number of hydrogen-bond acceptors (Lipinski definition) is 3. The molecule has 0 saturated carbocycles. The van der Waals surface area contributed by atoms with Crippen molar-refractivity contribution in [1.82, 2.24) is 5.32 Å². The second kappa shape index (κ2) is 4.70. The van der Waals surface area contributed by atoms with Crippen LogP contribution in [0.3, 0.4) is 0 Å². The number of nitrogens with zero attached hydrogens (tertiary/aromatic N) is 1. The van der Waals surface area contributed by atoms with Crippen LogP contribution in [0.5, 0.6) is 0 Å². The van der Waals surface area contributed by atoms with E-state index in [0.29, 0.717) is 5.56 Å². The zero-order chi connectivity index (χ0) is 10.6. The van der Waals surface area contributed by atoms with Crippen LogP contribution in [0, 0.1) is 17.1 Å². The van der Waals surface area contributed by atoms with Crippen LogP contribution in [0.15, 0.2) is 18.2 Å². The fourth-order valence-electron chi connectivity index (χ4n) is 1.21. The highest BCUT2D eigenvalue weighted by Crippen LogP contribution is 2.15. The summed E-state index contributed by atoms with van der Waals surface area (Å²) in [6, 6.07) is 5.71. The number of aliphatic hydroxyl groups is 1. The average molecular weight is 194 g/mol. The molecule has 1 rings (SSSR count). The number of benzene rings is 1. The largest absolute Gasteiger partial charge is 0.394 e. The molecule has 0 aliphatic heterocycles. The van der Waals surface area contributed by atoms with Gasteiger partial charge in [0.1, 0.15) is 11.9 Å². The van der Waals surface area contributed by atoms with Crippen LogP contribution in [-0.2, 0) is 0 Å². The summed E-state index contributed by atoms with van der Waals surface area (Å²) in [6.07, 6.45) is 0. The molecule has 0 aliphatic rings. The first-order valence-electron chi connectivity index (χ1n) is 4.20. The predicted molar refractivity (Wildman–Crippen MR) is 50.0 cm³/mol. The van der Waals surface area contributed by atoms with Gasteiger partial charge in [-0.1, -0.05) is 6.07 Å². The third kappa shape index (κ3) is 2.08. The molecule has 4 heteroatoms. The maximum atomic E-state index is 12.9. The van der Waals surface area contributed by atoms with E-state index in [1.54, 1.807) is 19.2 Å². The fourth-order valence-corrected chi connectivity index (χ4v) is 1.21. The smallest absolute Gasteiger partial charge is 0.140 e. The van der Waals surface area contributed by atoms with Crippen molar-refractivity contribution in [3.8, 4) is 6.07 Å². The van der Waals surface area contributed by atoms with Gasteiger partial charge in [0.2, 0.25) is 0 Å². The number of hydrogen-bond donors (Lipinski definition) is 2. The van der Waals surface area contributed by atoms with Crippen molar-refractivity contribution in [3.63, 3.8) is 0 Å². The van der Waals surface area contributed by atoms with Gasteiger partial charge in [-0.05, 0) is 24.7 Å². The first-order valence-corrected chi connectivity index (χ1v) is 4.20. The highest BCUT2D eigenvalue weighted by molar-refractivity contribution is 5.35. The van der Waals surface area contributed by atoms with Crippen LogP contribution in [0.2, 0.25) is 0 Å². The fraction of sp³-hybridized carbons (Fsp3) is 0.300. The van der Waals surface area contributed by atoms with E-state index < -0.39 is 5.82 Å². The molecule has 0 spiro atoms. The van der Waals surface area contributed by atoms with Crippen molar-refractivity contribution >= 4 is 0 Å². The highest BCUT2D eigenvalue weighted by Gasteiger charge is 2.10. The van der Waals surface area contributed by atoms with E-state index in [-0.39, 0.29) is 18.2 Å². The summed E-state index contributed by atoms with van der Waals surface area (Å²) < 4.78 is 12.9. The molecule has 0 radical (unpaired) electrons. The number of nitrogens with one attached hydrogen (secondary N) is 1. The van der Waals surface area contributed by atoms with E-state index >= 15 is 0 Å². The molecule has 2 N–H and O–H groups in total. The van der Waals surface area contributed by atoms with E-state index in [9.17, 15) is 4.39 Å². The molecule has 0 aromatic heterocycles. The van der Waals surface area contributed by atoms with Crippen molar-refractivity contribution in [3.05, 3.63) is 35.1 Å². The van der Waals surface area contributed by atoms with Gasteiger partial charge in [0.15, 0.2) is 0 Å². The topological polar surface area (TPSA) is 56.0 Å². The SMILES string of the molecule is CNC(CO)c1ccc(F)c(C#N)c1. The molecule has 0 heterocycles. The summed E-state index contributed by atoms with van der Waals surface area (Å²) in [7, 11) is 1.69. The van der Waals surface area contributed by atoms with E-state index in [1.165, 1.54) is 12.1 Å². The molecule has 0 amide bonds. The van der Waals surface area contributed by atoms with Gasteiger partial charge in [-0.15, -0.1) is 0 Å². The zero-order valence-electron chi connectivity index (χ0n) is 7.79. The number of rotatable bonds is 3. The minimum absolute atomic E-state index is 0.00352. The molecule has 1 unspecified atom stereocenters. The molecular weight excluding hydrogens is 183 g/mol. The second-order valence-corrected chi connectivity index (χ2v) is 2.87. The Labute approximate surface area is 81.8 Å². The summed E-state index contributed by atoms with van der Waals surface area (Å²) in [5, 5.41) is 20.4. The number of halogens is 1. The van der Waals surface area contributed by atoms with E-state index in [2.05, 4.69) is 5.32 Å². The average Bonchev–Trinajstić information content (AvgIpc) is 2.22. The van der Waals surface area contributed by atoms with Crippen molar-refractivity contribution in [2.75, 3.05) is 13.7 Å². The molecule has 1 aromatic rings. The van der Waals surface area contributed by atoms with Gasteiger partial charge in [0.25, 0.3) is 0 Å². The van der Waals surface area contributed by atoms with Gasteiger partial charge in [-0.3, -0.25) is 0 Å². The van der Waals surface area contributed by atoms with Crippen molar-refractivity contribution < 1.29 is 9.50 Å². The Morgan fingerprint density at radius 1 is 1.64 bits per heavy atom. The Bertz CT molecular complexity index is 356. The molecule has 1 aromatic carbocycles. The number of likely N-dealkylation sites (N-methyl/N-ethyl adjacent to an activating group) is 1. The first-order chi connectivity index (χ1) is 6.72. The van der Waals surface area contributed by atoms with Crippen molar-refractivity contribution in [2.24, 2.45) is 0 Å². The molecular formula is C10H11FN2O. The molecule has 0 aliphatic carbocycles. The van der Waals surface area contributed by atoms with Gasteiger partial charge in [0, 0.05) is 0 Å². The summed E-state index contributed by atoms with van der Waals surface area (Å²) in [5.74, 6) is -0.538. The second-order valence-electron chi connectivity index (χ2n) is 2.87. The van der Waals surface area contributed by atoms with Crippen LogP contribution in [0.4, 0.5) is 4.39 Å². The van der Waals surface area contributed by atoms with Gasteiger partial charge < -0.3 is 10.4 Å². The van der Waals surface area contributed by atoms with Crippen LogP contribution in [-0.4, -0.2) is 18.8 Å². The Morgan fingerprint density at radius 2 is 2.36 bits per heavy atom. The lowest BCUT2D eigenvalue weighted by Crippen LogP contribution is -2.20. The van der Waals surface area contributed by atoms with Crippen LogP contribution in [0.25, 0.3) is 0 Å². The van der Waals surface area contributed by atoms with Gasteiger partial charge >= 0.3 is 0 Å². The van der Waals surface area contributed by atoms with Crippen LogP contribution in [0.1, 0.15) is 17.2 Å². The maximum Gasteiger partial charge on any atom is 0.140 e. The summed E-state index contributed by atoms with van der Waals surface area (Å²) in [4.78, 5) is 0. The molecule has 0 bridgehead atoms.